The van der Waals surface area contributed by atoms with Crippen molar-refractivity contribution < 1.29 is 4.42 Å². The summed E-state index contributed by atoms with van der Waals surface area (Å²) in [6, 6.07) is 54.4. The maximum atomic E-state index is 6.50. The summed E-state index contributed by atoms with van der Waals surface area (Å²) >= 11 is 0. The normalized spacial score (nSPS) is 14.9. The van der Waals surface area contributed by atoms with Crippen LogP contribution >= 0.6 is 0 Å². The Labute approximate surface area is 326 Å². The zero-order chi connectivity index (χ0) is 37.8. The number of hydrogen-bond donors (Lipinski definition) is 0. The quantitative estimate of drug-likeness (QED) is 0.182. The highest BCUT2D eigenvalue weighted by Gasteiger charge is 2.38. The number of hydrogen-bond acceptors (Lipinski definition) is 3. The zero-order valence-corrected chi connectivity index (χ0v) is 32.1. The van der Waals surface area contributed by atoms with Gasteiger partial charge in [-0.2, -0.15) is 0 Å². The minimum absolute atomic E-state index is 0.0951. The van der Waals surface area contributed by atoms with E-state index in [1.807, 2.05) is 24.3 Å². The van der Waals surface area contributed by atoms with Crippen LogP contribution in [0.4, 0.5) is 0 Å². The summed E-state index contributed by atoms with van der Waals surface area (Å²) in [5.41, 5.74) is 14.1. The molecule has 0 atom stereocenters. The Morgan fingerprint density at radius 1 is 0.518 bits per heavy atom. The fraction of sp³-hybridized carbons (Fsp3) is 0.154. The van der Waals surface area contributed by atoms with Gasteiger partial charge in [-0.1, -0.05) is 125 Å². The summed E-state index contributed by atoms with van der Waals surface area (Å²) in [6.45, 7) is 9.65. The molecule has 0 bridgehead atoms. The van der Waals surface area contributed by atoms with Crippen molar-refractivity contribution in [3.05, 3.63) is 163 Å². The third-order valence-corrected chi connectivity index (χ3v) is 12.5. The summed E-state index contributed by atoms with van der Waals surface area (Å²) < 4.78 is 8.99. The third-order valence-electron chi connectivity index (χ3n) is 12.5. The number of benzene rings is 7. The number of nitrogens with zero attached hydrogens (tertiary/aromatic N) is 3. The van der Waals surface area contributed by atoms with E-state index in [4.69, 9.17) is 14.4 Å². The molecule has 0 saturated heterocycles. The Morgan fingerprint density at radius 3 is 2.00 bits per heavy atom. The van der Waals surface area contributed by atoms with Crippen molar-refractivity contribution in [3.8, 4) is 39.5 Å². The predicted molar refractivity (Wildman–Crippen MR) is 233 cm³/mol. The summed E-state index contributed by atoms with van der Waals surface area (Å²) in [5, 5.41) is 6.07. The Hall–Kier alpha value is -6.52. The number of furan rings is 1. The lowest BCUT2D eigenvalue weighted by Gasteiger charge is -2.42. The van der Waals surface area contributed by atoms with Gasteiger partial charge < -0.3 is 8.98 Å². The Bertz CT molecular complexity index is 3180. The van der Waals surface area contributed by atoms with Crippen molar-refractivity contribution in [3.63, 3.8) is 0 Å². The highest BCUT2D eigenvalue weighted by molar-refractivity contribution is 6.19. The highest BCUT2D eigenvalue weighted by Crippen LogP contribution is 2.49. The van der Waals surface area contributed by atoms with Crippen LogP contribution in [0.25, 0.3) is 94.1 Å². The van der Waals surface area contributed by atoms with Gasteiger partial charge >= 0.3 is 0 Å². The molecular formula is C52H41N3O. The molecule has 3 heterocycles. The van der Waals surface area contributed by atoms with Crippen LogP contribution in [0, 0.1) is 0 Å². The van der Waals surface area contributed by atoms with Crippen LogP contribution in [0.5, 0.6) is 0 Å². The lowest BCUT2D eigenvalue weighted by Crippen LogP contribution is -2.33. The van der Waals surface area contributed by atoms with Crippen molar-refractivity contribution in [2.24, 2.45) is 0 Å². The first-order valence-corrected chi connectivity index (χ1v) is 19.7. The SMILES string of the molecule is CC1(C)CCC(C)(C)c2cc3c(cc21)c1ccc2ccccc2c1n3-c1ccc(-c2nc(-c3cccc(-c4ccccc4)c3)c3oc4ccccc4c3n2)cc1. The zero-order valence-electron chi connectivity index (χ0n) is 32.1. The highest BCUT2D eigenvalue weighted by atomic mass is 16.3. The first-order valence-electron chi connectivity index (χ1n) is 19.7. The molecule has 0 saturated carbocycles. The molecule has 11 rings (SSSR count). The molecule has 1 aliphatic rings. The second-order valence-corrected chi connectivity index (χ2v) is 16.9. The van der Waals surface area contributed by atoms with E-state index < -0.39 is 0 Å². The molecule has 0 N–H and O–H groups in total. The van der Waals surface area contributed by atoms with E-state index >= 15 is 0 Å². The Morgan fingerprint density at radius 2 is 1.20 bits per heavy atom. The monoisotopic (exact) mass is 723 g/mol. The molecule has 0 spiro atoms. The second kappa shape index (κ2) is 12.0. The lowest BCUT2D eigenvalue weighted by atomic mass is 9.63. The van der Waals surface area contributed by atoms with Gasteiger partial charge in [0.15, 0.2) is 11.4 Å². The molecule has 270 valence electrons. The number of fused-ring (bicyclic) bond motifs is 9. The van der Waals surface area contributed by atoms with Crippen molar-refractivity contribution in [2.45, 2.75) is 51.4 Å². The number of rotatable bonds is 4. The van der Waals surface area contributed by atoms with E-state index in [1.165, 1.54) is 56.5 Å². The molecular weight excluding hydrogens is 683 g/mol. The summed E-state index contributed by atoms with van der Waals surface area (Å²) in [4.78, 5) is 10.5. The first-order chi connectivity index (χ1) is 27.2. The molecule has 1 aliphatic carbocycles. The molecule has 4 heteroatoms. The average Bonchev–Trinajstić information content (AvgIpc) is 3.78. The molecule has 7 aromatic carbocycles. The number of para-hydroxylation sites is 1. The van der Waals surface area contributed by atoms with E-state index in [2.05, 4.69) is 160 Å². The van der Waals surface area contributed by atoms with Crippen LogP contribution in [-0.4, -0.2) is 14.5 Å². The van der Waals surface area contributed by atoms with Gasteiger partial charge in [0.2, 0.25) is 0 Å². The van der Waals surface area contributed by atoms with E-state index in [9.17, 15) is 0 Å². The van der Waals surface area contributed by atoms with Gasteiger partial charge in [-0.25, -0.2) is 9.97 Å². The van der Waals surface area contributed by atoms with E-state index in [0.717, 1.165) is 50.1 Å². The largest absolute Gasteiger partial charge is 0.452 e. The maximum Gasteiger partial charge on any atom is 0.180 e. The lowest BCUT2D eigenvalue weighted by molar-refractivity contribution is 0.332. The molecule has 0 amide bonds. The van der Waals surface area contributed by atoms with Crippen molar-refractivity contribution in [1.82, 2.24) is 14.5 Å². The van der Waals surface area contributed by atoms with Crippen molar-refractivity contribution in [1.29, 1.82) is 0 Å². The topological polar surface area (TPSA) is 43.9 Å². The van der Waals surface area contributed by atoms with Crippen LogP contribution in [0.1, 0.15) is 51.7 Å². The molecule has 3 aromatic heterocycles. The fourth-order valence-corrected chi connectivity index (χ4v) is 9.26. The van der Waals surface area contributed by atoms with Gasteiger partial charge in [-0.3, -0.25) is 0 Å². The maximum absolute atomic E-state index is 6.50. The molecule has 10 aromatic rings. The van der Waals surface area contributed by atoms with Gasteiger partial charge in [-0.05, 0) is 106 Å². The molecule has 4 nitrogen and oxygen atoms in total. The predicted octanol–water partition coefficient (Wildman–Crippen LogP) is 14.0. The summed E-state index contributed by atoms with van der Waals surface area (Å²) in [6.07, 6.45) is 2.36. The van der Waals surface area contributed by atoms with E-state index in [-0.39, 0.29) is 10.8 Å². The van der Waals surface area contributed by atoms with E-state index in [1.54, 1.807) is 0 Å². The van der Waals surface area contributed by atoms with Crippen LogP contribution in [-0.2, 0) is 10.8 Å². The Balaban J connectivity index is 1.12. The minimum atomic E-state index is 0.0951. The summed E-state index contributed by atoms with van der Waals surface area (Å²) in [5.74, 6) is 0.668. The second-order valence-electron chi connectivity index (χ2n) is 16.9. The molecule has 0 unspecified atom stereocenters. The van der Waals surface area contributed by atoms with Crippen LogP contribution in [0.15, 0.2) is 156 Å². The van der Waals surface area contributed by atoms with Crippen LogP contribution < -0.4 is 0 Å². The molecule has 0 fully saturated rings. The van der Waals surface area contributed by atoms with Gasteiger partial charge in [-0.15, -0.1) is 0 Å². The van der Waals surface area contributed by atoms with Crippen molar-refractivity contribution >= 4 is 54.6 Å². The molecule has 0 radical (unpaired) electrons. The summed E-state index contributed by atoms with van der Waals surface area (Å²) in [7, 11) is 0. The Kier molecular flexibility index (Phi) is 7.04. The van der Waals surface area contributed by atoms with E-state index in [0.29, 0.717) is 11.4 Å². The van der Waals surface area contributed by atoms with Crippen molar-refractivity contribution in [2.75, 3.05) is 0 Å². The van der Waals surface area contributed by atoms with Gasteiger partial charge in [0.25, 0.3) is 0 Å². The third kappa shape index (κ3) is 4.98. The van der Waals surface area contributed by atoms with Gasteiger partial charge in [0.1, 0.15) is 16.8 Å². The number of aromatic nitrogens is 3. The van der Waals surface area contributed by atoms with Gasteiger partial charge in [0.05, 0.1) is 11.0 Å². The standard InChI is InChI=1S/C52H41N3O/c1-51(2)27-28-52(3,4)43-31-44-41(30-42(43)51)39-26-23-33-15-8-9-18-38(33)48(39)55(44)37-24-21-34(22-25-37)50-53-46(49-47(54-50)40-19-10-11-20-45(40)56-49)36-17-12-16-35(29-36)32-13-6-5-7-14-32/h5-26,29-31H,27-28H2,1-4H3. The molecule has 56 heavy (non-hydrogen) atoms. The average molecular weight is 724 g/mol. The smallest absolute Gasteiger partial charge is 0.180 e. The van der Waals surface area contributed by atoms with Gasteiger partial charge in [0, 0.05) is 38.4 Å². The van der Waals surface area contributed by atoms with Crippen LogP contribution in [0.3, 0.4) is 0 Å². The fourth-order valence-electron chi connectivity index (χ4n) is 9.26. The molecule has 0 aliphatic heterocycles. The minimum Gasteiger partial charge on any atom is -0.452 e. The first kappa shape index (κ1) is 32.9. The van der Waals surface area contributed by atoms with Crippen LogP contribution in [0.2, 0.25) is 0 Å².